The number of halogens is 2. The number of hydrogen-bond donors (Lipinski definition) is 1. The van der Waals surface area contributed by atoms with Gasteiger partial charge in [-0.1, -0.05) is 6.42 Å². The van der Waals surface area contributed by atoms with Crippen LogP contribution in [0.3, 0.4) is 0 Å². The predicted octanol–water partition coefficient (Wildman–Crippen LogP) is 1.78. The second-order valence-corrected chi connectivity index (χ2v) is 3.61. The second-order valence-electron chi connectivity index (χ2n) is 3.61. The Hall–Kier alpha value is -0.180. The molecule has 0 aromatic heterocycles. The maximum Gasteiger partial charge on any atom is 0.253 e. The third kappa shape index (κ3) is 1.15. The molecule has 1 saturated carbocycles. The Morgan fingerprint density at radius 1 is 1.27 bits per heavy atom. The molecular formula is C8H13F2N. The lowest BCUT2D eigenvalue weighted by Crippen LogP contribution is -2.49. The smallest absolute Gasteiger partial charge is 0.253 e. The summed E-state index contributed by atoms with van der Waals surface area (Å²) < 4.78 is 26.2. The number of piperidine rings is 1. The minimum atomic E-state index is -2.38. The SMILES string of the molecule is FC1(F)CCNC2CCCC21. The van der Waals surface area contributed by atoms with Crippen LogP contribution in [0.2, 0.25) is 0 Å². The lowest BCUT2D eigenvalue weighted by molar-refractivity contribution is -0.0870. The Labute approximate surface area is 65.2 Å². The summed E-state index contributed by atoms with van der Waals surface area (Å²) in [5, 5.41) is 3.16. The van der Waals surface area contributed by atoms with Crippen LogP contribution in [0.1, 0.15) is 25.7 Å². The zero-order valence-electron chi connectivity index (χ0n) is 6.45. The molecule has 1 heterocycles. The maximum atomic E-state index is 13.1. The largest absolute Gasteiger partial charge is 0.313 e. The fraction of sp³-hybridized carbons (Fsp3) is 1.00. The number of rotatable bonds is 0. The zero-order chi connectivity index (χ0) is 7.90. The molecule has 2 rings (SSSR count). The molecule has 0 bridgehead atoms. The summed E-state index contributed by atoms with van der Waals surface area (Å²) in [4.78, 5) is 0. The van der Waals surface area contributed by atoms with Crippen molar-refractivity contribution >= 4 is 0 Å². The first-order valence-corrected chi connectivity index (χ1v) is 4.31. The molecular weight excluding hydrogens is 148 g/mol. The van der Waals surface area contributed by atoms with Gasteiger partial charge >= 0.3 is 0 Å². The van der Waals surface area contributed by atoms with Gasteiger partial charge in [0.2, 0.25) is 0 Å². The molecule has 1 saturated heterocycles. The van der Waals surface area contributed by atoms with E-state index in [1.54, 1.807) is 0 Å². The molecule has 1 N–H and O–H groups in total. The fourth-order valence-corrected chi connectivity index (χ4v) is 2.32. The normalized spacial score (nSPS) is 42.0. The molecule has 2 unspecified atom stereocenters. The predicted molar refractivity (Wildman–Crippen MR) is 38.7 cm³/mol. The van der Waals surface area contributed by atoms with E-state index in [0.29, 0.717) is 13.0 Å². The van der Waals surface area contributed by atoms with Crippen LogP contribution in [0, 0.1) is 5.92 Å². The van der Waals surface area contributed by atoms with Gasteiger partial charge in [-0.25, -0.2) is 8.78 Å². The average molecular weight is 161 g/mol. The van der Waals surface area contributed by atoms with Crippen LogP contribution in [0.25, 0.3) is 0 Å². The van der Waals surface area contributed by atoms with Crippen molar-refractivity contribution in [1.82, 2.24) is 5.32 Å². The van der Waals surface area contributed by atoms with Gasteiger partial charge in [0, 0.05) is 24.9 Å². The molecule has 2 fully saturated rings. The highest BCUT2D eigenvalue weighted by Crippen LogP contribution is 2.42. The van der Waals surface area contributed by atoms with Crippen molar-refractivity contribution in [2.75, 3.05) is 6.54 Å². The van der Waals surface area contributed by atoms with Gasteiger partial charge in [-0.3, -0.25) is 0 Å². The molecule has 2 atom stereocenters. The van der Waals surface area contributed by atoms with Crippen molar-refractivity contribution in [2.24, 2.45) is 5.92 Å². The van der Waals surface area contributed by atoms with E-state index in [1.807, 2.05) is 0 Å². The third-order valence-electron chi connectivity index (χ3n) is 2.92. The monoisotopic (exact) mass is 161 g/mol. The van der Waals surface area contributed by atoms with Crippen LogP contribution in [-0.2, 0) is 0 Å². The number of nitrogens with one attached hydrogen (secondary N) is 1. The van der Waals surface area contributed by atoms with Gasteiger partial charge in [-0.15, -0.1) is 0 Å². The maximum absolute atomic E-state index is 13.1. The first kappa shape index (κ1) is 7.47. The summed E-state index contributed by atoms with van der Waals surface area (Å²) in [6, 6.07) is 0.110. The lowest BCUT2D eigenvalue weighted by Gasteiger charge is -2.34. The van der Waals surface area contributed by atoms with Crippen molar-refractivity contribution in [3.05, 3.63) is 0 Å². The number of alkyl halides is 2. The summed E-state index contributed by atoms with van der Waals surface area (Å²) in [5.74, 6) is -2.75. The Bertz CT molecular complexity index is 158. The highest BCUT2D eigenvalue weighted by atomic mass is 19.3. The minimum absolute atomic E-state index is 0.0359. The topological polar surface area (TPSA) is 12.0 Å². The van der Waals surface area contributed by atoms with E-state index < -0.39 is 5.92 Å². The van der Waals surface area contributed by atoms with Crippen LogP contribution in [-0.4, -0.2) is 18.5 Å². The van der Waals surface area contributed by atoms with Gasteiger partial charge in [0.1, 0.15) is 0 Å². The van der Waals surface area contributed by atoms with E-state index >= 15 is 0 Å². The molecule has 0 spiro atoms. The van der Waals surface area contributed by atoms with E-state index in [2.05, 4.69) is 5.32 Å². The Morgan fingerprint density at radius 2 is 2.09 bits per heavy atom. The Morgan fingerprint density at radius 3 is 2.82 bits per heavy atom. The third-order valence-corrected chi connectivity index (χ3v) is 2.92. The van der Waals surface area contributed by atoms with E-state index in [-0.39, 0.29) is 18.4 Å². The molecule has 3 heteroatoms. The molecule has 64 valence electrons. The lowest BCUT2D eigenvalue weighted by atomic mass is 9.90. The van der Waals surface area contributed by atoms with E-state index in [1.165, 1.54) is 0 Å². The average Bonchev–Trinajstić information content (AvgIpc) is 2.34. The number of hydrogen-bond acceptors (Lipinski definition) is 1. The summed E-state index contributed by atoms with van der Waals surface area (Å²) in [6.07, 6.45) is 2.66. The summed E-state index contributed by atoms with van der Waals surface area (Å²) in [6.45, 7) is 0.494. The van der Waals surface area contributed by atoms with E-state index in [9.17, 15) is 8.78 Å². The molecule has 1 nitrogen and oxygen atoms in total. The molecule has 2 aliphatic rings. The summed E-state index contributed by atoms with van der Waals surface area (Å²) >= 11 is 0. The molecule has 0 amide bonds. The second kappa shape index (κ2) is 2.41. The van der Waals surface area contributed by atoms with E-state index in [4.69, 9.17) is 0 Å². The van der Waals surface area contributed by atoms with Crippen LogP contribution >= 0.6 is 0 Å². The molecule has 1 aliphatic carbocycles. The molecule has 0 aromatic rings. The number of fused-ring (bicyclic) bond motifs is 1. The van der Waals surface area contributed by atoms with Crippen LogP contribution in [0.4, 0.5) is 8.78 Å². The van der Waals surface area contributed by atoms with Crippen molar-refractivity contribution in [3.8, 4) is 0 Å². The standard InChI is InChI=1S/C8H13F2N/c9-8(10)4-5-11-7-3-1-2-6(7)8/h6-7,11H,1-5H2. The molecule has 11 heavy (non-hydrogen) atoms. The minimum Gasteiger partial charge on any atom is -0.313 e. The first-order valence-electron chi connectivity index (χ1n) is 4.31. The van der Waals surface area contributed by atoms with Gasteiger partial charge in [0.05, 0.1) is 0 Å². The van der Waals surface area contributed by atoms with Crippen molar-refractivity contribution in [2.45, 2.75) is 37.6 Å². The van der Waals surface area contributed by atoms with Crippen LogP contribution < -0.4 is 5.32 Å². The van der Waals surface area contributed by atoms with Gasteiger partial charge < -0.3 is 5.32 Å². The zero-order valence-corrected chi connectivity index (χ0v) is 6.45. The Balaban J connectivity index is 2.13. The van der Waals surface area contributed by atoms with E-state index in [0.717, 1.165) is 12.8 Å². The van der Waals surface area contributed by atoms with Crippen LogP contribution in [0.5, 0.6) is 0 Å². The molecule has 0 radical (unpaired) electrons. The highest BCUT2D eigenvalue weighted by molar-refractivity contribution is 4.95. The fourth-order valence-electron chi connectivity index (χ4n) is 2.32. The quantitative estimate of drug-likeness (QED) is 0.571. The van der Waals surface area contributed by atoms with Gasteiger partial charge in [0.15, 0.2) is 0 Å². The van der Waals surface area contributed by atoms with Crippen molar-refractivity contribution < 1.29 is 8.78 Å². The van der Waals surface area contributed by atoms with Crippen molar-refractivity contribution in [1.29, 1.82) is 0 Å². The van der Waals surface area contributed by atoms with Gasteiger partial charge in [0.25, 0.3) is 5.92 Å². The first-order chi connectivity index (χ1) is 5.20. The molecule has 1 aliphatic heterocycles. The Kier molecular flexibility index (Phi) is 1.63. The van der Waals surface area contributed by atoms with Crippen LogP contribution in [0.15, 0.2) is 0 Å². The highest BCUT2D eigenvalue weighted by Gasteiger charge is 2.48. The molecule has 0 aromatic carbocycles. The van der Waals surface area contributed by atoms with Crippen molar-refractivity contribution in [3.63, 3.8) is 0 Å². The summed E-state index contributed by atoms with van der Waals surface area (Å²) in [7, 11) is 0. The summed E-state index contributed by atoms with van der Waals surface area (Å²) in [5.41, 5.74) is 0. The van der Waals surface area contributed by atoms with Gasteiger partial charge in [-0.2, -0.15) is 0 Å². The van der Waals surface area contributed by atoms with Gasteiger partial charge in [-0.05, 0) is 12.8 Å².